The van der Waals surface area contributed by atoms with Gasteiger partial charge in [0.2, 0.25) is 0 Å². The number of rotatable bonds is 4. The van der Waals surface area contributed by atoms with Gasteiger partial charge in [0.25, 0.3) is 0 Å². The minimum atomic E-state index is 0.839. The molecule has 2 aliphatic rings. The summed E-state index contributed by atoms with van der Waals surface area (Å²) in [6.45, 7) is 26.8. The third-order valence-corrected chi connectivity index (χ3v) is 13.8. The van der Waals surface area contributed by atoms with E-state index in [1.807, 2.05) is 0 Å². The molecule has 7 aromatic rings. The van der Waals surface area contributed by atoms with Crippen LogP contribution in [0.1, 0.15) is 89.5 Å². The first-order valence-electron chi connectivity index (χ1n) is 21.5. The highest BCUT2D eigenvalue weighted by Crippen LogP contribution is 2.43. The number of H-pyrrole nitrogens is 2. The predicted octanol–water partition coefficient (Wildman–Crippen LogP) is 14.6. The van der Waals surface area contributed by atoms with E-state index in [-0.39, 0.29) is 0 Å². The molecule has 0 atom stereocenters. The quantitative estimate of drug-likeness (QED) is 0.187. The lowest BCUT2D eigenvalue weighted by Gasteiger charge is -2.16. The van der Waals surface area contributed by atoms with Crippen LogP contribution in [-0.4, -0.2) is 19.9 Å². The van der Waals surface area contributed by atoms with Crippen LogP contribution in [0, 0.1) is 83.1 Å². The van der Waals surface area contributed by atoms with E-state index in [0.29, 0.717) is 0 Å². The molecule has 60 heavy (non-hydrogen) atoms. The Morgan fingerprint density at radius 3 is 0.883 bits per heavy atom. The molecule has 0 unspecified atom stereocenters. The molecule has 0 aliphatic carbocycles. The number of nitrogens with zero attached hydrogens (tertiary/aromatic N) is 2. The molecular weight excluding hydrogens is 729 g/mol. The van der Waals surface area contributed by atoms with Crippen molar-refractivity contribution in [2.75, 3.05) is 0 Å². The van der Waals surface area contributed by atoms with Crippen LogP contribution in [0.25, 0.3) is 78.7 Å². The molecule has 0 fully saturated rings. The molecule has 8 bridgehead atoms. The Kier molecular flexibility index (Phi) is 9.66. The first-order valence-corrected chi connectivity index (χ1v) is 21.5. The highest BCUT2D eigenvalue weighted by Gasteiger charge is 2.25. The van der Waals surface area contributed by atoms with E-state index in [1.54, 1.807) is 0 Å². The number of aromatic nitrogens is 4. The van der Waals surface area contributed by atoms with Crippen molar-refractivity contribution in [1.82, 2.24) is 19.9 Å². The van der Waals surface area contributed by atoms with Gasteiger partial charge in [-0.3, -0.25) is 4.98 Å². The maximum Gasteiger partial charge on any atom is 0.0737 e. The van der Waals surface area contributed by atoms with Crippen molar-refractivity contribution >= 4 is 34.2 Å². The van der Waals surface area contributed by atoms with Gasteiger partial charge in [0.15, 0.2) is 0 Å². The average Bonchev–Trinajstić information content (AvgIpc) is 4.07. The maximum atomic E-state index is 5.76. The highest BCUT2D eigenvalue weighted by atomic mass is 14.8. The molecule has 3 aromatic heterocycles. The minimum Gasteiger partial charge on any atom is -0.354 e. The summed E-state index contributed by atoms with van der Waals surface area (Å²) in [6.07, 6.45) is 6.14. The van der Waals surface area contributed by atoms with Gasteiger partial charge >= 0.3 is 0 Å². The van der Waals surface area contributed by atoms with Gasteiger partial charge in [-0.2, -0.15) is 0 Å². The van der Waals surface area contributed by atoms with Crippen molar-refractivity contribution in [1.29, 1.82) is 0 Å². The number of hydrogen-bond donors (Lipinski definition) is 2. The van der Waals surface area contributed by atoms with Crippen molar-refractivity contribution in [3.63, 3.8) is 0 Å². The summed E-state index contributed by atoms with van der Waals surface area (Å²) < 4.78 is 0. The third-order valence-electron chi connectivity index (χ3n) is 13.8. The van der Waals surface area contributed by atoms with Crippen molar-refractivity contribution < 1.29 is 0 Å². The molecule has 9 rings (SSSR count). The van der Waals surface area contributed by atoms with Gasteiger partial charge in [0.05, 0.1) is 22.8 Å². The van der Waals surface area contributed by atoms with E-state index in [9.17, 15) is 0 Å². The van der Waals surface area contributed by atoms with E-state index in [0.717, 1.165) is 68.8 Å². The van der Waals surface area contributed by atoms with Crippen LogP contribution in [0.5, 0.6) is 0 Å². The Morgan fingerprint density at radius 2 is 0.567 bits per heavy atom. The van der Waals surface area contributed by atoms with Gasteiger partial charge in [-0.15, -0.1) is 0 Å². The minimum absolute atomic E-state index is 0.839. The van der Waals surface area contributed by atoms with Crippen molar-refractivity contribution in [3.8, 4) is 44.5 Å². The second kappa shape index (κ2) is 14.8. The Morgan fingerprint density at radius 1 is 0.300 bits per heavy atom. The Bertz CT molecular complexity index is 2950. The lowest BCUT2D eigenvalue weighted by molar-refractivity contribution is 1.03. The third kappa shape index (κ3) is 6.27. The maximum absolute atomic E-state index is 5.76. The summed E-state index contributed by atoms with van der Waals surface area (Å²) in [7, 11) is 0. The predicted molar refractivity (Wildman–Crippen MR) is 256 cm³/mol. The SMILES string of the molecule is Cc1ccc(C)c(-c2c3nc(c(-c4c(C)ccc(C)c4C)c4ccc([nH]4)c(-c4c(C)ccc(C)c4C)c4nc(c(-c5c(C)ccc(C)c5C)c5ccc2[nH]5)CC4)C=C3)c1C. The summed E-state index contributed by atoms with van der Waals surface area (Å²) in [5.41, 5.74) is 33.1. The molecular formula is C56H56N4. The topological polar surface area (TPSA) is 57.4 Å². The summed E-state index contributed by atoms with van der Waals surface area (Å²) in [5, 5.41) is 0. The Hall–Kier alpha value is -6.26. The van der Waals surface area contributed by atoms with E-state index in [1.165, 1.54) is 100 Å². The van der Waals surface area contributed by atoms with Gasteiger partial charge in [0.1, 0.15) is 0 Å². The molecule has 0 saturated heterocycles. The highest BCUT2D eigenvalue weighted by molar-refractivity contribution is 5.99. The van der Waals surface area contributed by atoms with Gasteiger partial charge in [0, 0.05) is 44.3 Å². The smallest absolute Gasteiger partial charge is 0.0737 e. The summed E-state index contributed by atoms with van der Waals surface area (Å²) in [6, 6.07) is 27.1. The van der Waals surface area contributed by atoms with E-state index >= 15 is 0 Å². The van der Waals surface area contributed by atoms with Gasteiger partial charge < -0.3 is 9.97 Å². The standard InChI is InChI=1S/C56H56N4/c1-29-13-17-33(5)49(37(29)9)53-41-21-23-43(57-41)54(50-34(6)18-14-30(2)38(50)10)45-25-27-47(59-45)56(52-36(8)20-16-32(4)40(52)12)48-28-26-46(60-48)55(44-24-22-42(53)58-44)51-35(7)19-15-31(3)39(51)11/h13-25,27,58-59H,26,28H2,1-12H3. The number of hydrogen-bond acceptors (Lipinski definition) is 2. The molecule has 0 spiro atoms. The van der Waals surface area contributed by atoms with E-state index in [4.69, 9.17) is 9.97 Å². The van der Waals surface area contributed by atoms with Crippen LogP contribution in [0.2, 0.25) is 0 Å². The molecule has 2 aliphatic heterocycles. The first-order chi connectivity index (χ1) is 28.7. The monoisotopic (exact) mass is 784 g/mol. The fourth-order valence-corrected chi connectivity index (χ4v) is 9.90. The summed E-state index contributed by atoms with van der Waals surface area (Å²) in [5.74, 6) is 0. The Balaban J connectivity index is 1.56. The van der Waals surface area contributed by atoms with Crippen LogP contribution < -0.4 is 0 Å². The van der Waals surface area contributed by atoms with Gasteiger partial charge in [-0.1, -0.05) is 48.5 Å². The van der Waals surface area contributed by atoms with Crippen molar-refractivity contribution in [2.24, 2.45) is 0 Å². The summed E-state index contributed by atoms with van der Waals surface area (Å²) in [4.78, 5) is 19.5. The van der Waals surface area contributed by atoms with Crippen LogP contribution in [0.3, 0.4) is 0 Å². The zero-order valence-corrected chi connectivity index (χ0v) is 37.4. The lowest BCUT2D eigenvalue weighted by atomic mass is 9.90. The number of aromatic amines is 2. The average molecular weight is 785 g/mol. The summed E-state index contributed by atoms with van der Waals surface area (Å²) >= 11 is 0. The molecule has 0 saturated carbocycles. The fourth-order valence-electron chi connectivity index (χ4n) is 9.90. The first kappa shape index (κ1) is 39.2. The van der Waals surface area contributed by atoms with Crippen LogP contribution in [0.15, 0.2) is 72.8 Å². The molecule has 4 nitrogen and oxygen atoms in total. The van der Waals surface area contributed by atoms with Gasteiger partial charge in [-0.05, 0) is 221 Å². The van der Waals surface area contributed by atoms with Gasteiger partial charge in [-0.25, -0.2) is 4.98 Å². The lowest BCUT2D eigenvalue weighted by Crippen LogP contribution is -1.97. The Labute approximate surface area is 355 Å². The molecule has 0 radical (unpaired) electrons. The van der Waals surface area contributed by atoms with Crippen LogP contribution in [-0.2, 0) is 12.8 Å². The van der Waals surface area contributed by atoms with Crippen molar-refractivity contribution in [2.45, 2.75) is 95.9 Å². The van der Waals surface area contributed by atoms with E-state index in [2.05, 4.69) is 178 Å². The second-order valence-corrected chi connectivity index (χ2v) is 17.6. The molecule has 4 aromatic carbocycles. The number of benzene rings is 4. The zero-order chi connectivity index (χ0) is 42.3. The number of aryl methyl sites for hydroxylation is 10. The van der Waals surface area contributed by atoms with E-state index < -0.39 is 0 Å². The largest absolute Gasteiger partial charge is 0.354 e. The number of nitrogens with one attached hydrogen (secondary N) is 2. The molecule has 5 heterocycles. The molecule has 0 amide bonds. The molecule has 2 N–H and O–H groups in total. The normalized spacial score (nSPS) is 12.5. The van der Waals surface area contributed by atoms with Crippen molar-refractivity contribution in [3.05, 3.63) is 162 Å². The zero-order valence-electron chi connectivity index (χ0n) is 37.4. The second-order valence-electron chi connectivity index (χ2n) is 17.6. The molecule has 300 valence electrons. The van der Waals surface area contributed by atoms with Crippen LogP contribution in [0.4, 0.5) is 0 Å². The molecule has 4 heteroatoms. The fraction of sp³-hybridized carbons (Fsp3) is 0.250. The number of fused-ring (bicyclic) bond motifs is 8. The van der Waals surface area contributed by atoms with Crippen LogP contribution >= 0.6 is 0 Å².